The molecule has 0 radical (unpaired) electrons. The molecule has 1 aromatic carbocycles. The fourth-order valence-corrected chi connectivity index (χ4v) is 2.15. The molecule has 0 heterocycles. The van der Waals surface area contributed by atoms with Crippen LogP contribution in [0.1, 0.15) is 34.1 Å². The van der Waals surface area contributed by atoms with Crippen LogP contribution in [0.5, 0.6) is 5.75 Å². The van der Waals surface area contributed by atoms with Gasteiger partial charge in [-0.05, 0) is 45.0 Å². The fraction of sp³-hybridized carbons (Fsp3) is 0.619. The van der Waals surface area contributed by atoms with Gasteiger partial charge in [-0.2, -0.15) is 0 Å². The van der Waals surface area contributed by atoms with E-state index in [1.165, 1.54) is 6.92 Å². The Labute approximate surface area is 172 Å². The molecule has 29 heavy (non-hydrogen) atoms. The molecule has 0 aliphatic rings. The van der Waals surface area contributed by atoms with Crippen molar-refractivity contribution in [2.24, 2.45) is 0 Å². The highest BCUT2D eigenvalue weighted by molar-refractivity contribution is 5.88. The van der Waals surface area contributed by atoms with Gasteiger partial charge in [0.1, 0.15) is 18.0 Å². The van der Waals surface area contributed by atoms with Gasteiger partial charge >= 0.3 is 5.97 Å². The van der Waals surface area contributed by atoms with Crippen LogP contribution in [0.25, 0.3) is 0 Å². The number of ether oxygens (including phenoxy) is 5. The highest BCUT2D eigenvalue weighted by Crippen LogP contribution is 2.15. The molecular weight excluding hydrogens is 378 g/mol. The Kier molecular flexibility index (Phi) is 11.9. The maximum absolute atomic E-state index is 11.5. The van der Waals surface area contributed by atoms with Crippen LogP contribution in [0, 0.1) is 0 Å². The van der Waals surface area contributed by atoms with Crippen LogP contribution in [-0.2, 0) is 28.5 Å². The zero-order valence-corrected chi connectivity index (χ0v) is 17.8. The molecule has 0 saturated carbocycles. The van der Waals surface area contributed by atoms with Crippen LogP contribution in [0.2, 0.25) is 0 Å². The van der Waals surface area contributed by atoms with Crippen molar-refractivity contribution in [3.63, 3.8) is 0 Å². The Morgan fingerprint density at radius 1 is 0.828 bits per heavy atom. The van der Waals surface area contributed by atoms with E-state index in [4.69, 9.17) is 23.7 Å². The van der Waals surface area contributed by atoms with Crippen LogP contribution in [0.3, 0.4) is 0 Å². The first-order chi connectivity index (χ1) is 13.8. The Morgan fingerprint density at radius 2 is 1.34 bits per heavy atom. The van der Waals surface area contributed by atoms with E-state index >= 15 is 0 Å². The summed E-state index contributed by atoms with van der Waals surface area (Å²) in [7, 11) is 0. The monoisotopic (exact) mass is 411 g/mol. The minimum absolute atomic E-state index is 0.110. The topological polar surface area (TPSA) is 92.3 Å². The first kappa shape index (κ1) is 24.9. The molecule has 1 rings (SSSR count). The van der Waals surface area contributed by atoms with Crippen molar-refractivity contribution in [1.82, 2.24) is 0 Å². The first-order valence-corrected chi connectivity index (χ1v) is 9.72. The summed E-state index contributed by atoms with van der Waals surface area (Å²) in [6, 6.07) is 7.14. The molecule has 8 heteroatoms. The molecule has 164 valence electrons. The van der Waals surface area contributed by atoms with Gasteiger partial charge in [-0.1, -0.05) is 0 Å². The largest absolute Gasteiger partial charge is 0.491 e. The lowest BCUT2D eigenvalue weighted by atomic mass is 10.2. The van der Waals surface area contributed by atoms with Crippen LogP contribution in [0.4, 0.5) is 5.69 Å². The lowest BCUT2D eigenvalue weighted by Gasteiger charge is -2.19. The predicted molar refractivity (Wildman–Crippen MR) is 109 cm³/mol. The van der Waals surface area contributed by atoms with Crippen LogP contribution >= 0.6 is 0 Å². The summed E-state index contributed by atoms with van der Waals surface area (Å²) < 4.78 is 26.9. The molecule has 1 amide bonds. The van der Waals surface area contributed by atoms with Gasteiger partial charge in [0.2, 0.25) is 5.91 Å². The van der Waals surface area contributed by atoms with Gasteiger partial charge in [-0.15, -0.1) is 0 Å². The first-order valence-electron chi connectivity index (χ1n) is 9.72. The SMILES string of the molecule is CC(=O)Nc1ccc(OCCOCCOCCOCCC(=O)OC(C)(C)C)cc1. The molecule has 0 unspecified atom stereocenters. The third-order valence-corrected chi connectivity index (χ3v) is 3.29. The molecule has 0 spiro atoms. The maximum atomic E-state index is 11.5. The van der Waals surface area contributed by atoms with Crippen molar-refractivity contribution < 1.29 is 33.3 Å². The quantitative estimate of drug-likeness (QED) is 0.372. The summed E-state index contributed by atoms with van der Waals surface area (Å²) >= 11 is 0. The van der Waals surface area contributed by atoms with Crippen LogP contribution in [0.15, 0.2) is 24.3 Å². The standard InChI is InChI=1S/C21H33NO7/c1-17(23)22-18-5-7-19(8-6-18)28-16-15-27-14-13-26-12-11-25-10-9-20(24)29-21(2,3)4/h5-8H,9-16H2,1-4H3,(H,22,23). The van der Waals surface area contributed by atoms with E-state index in [9.17, 15) is 9.59 Å². The zero-order valence-electron chi connectivity index (χ0n) is 17.8. The average molecular weight is 411 g/mol. The summed E-state index contributed by atoms with van der Waals surface area (Å²) in [6.07, 6.45) is 0.232. The van der Waals surface area contributed by atoms with Crippen LogP contribution in [-0.4, -0.2) is 63.7 Å². The van der Waals surface area contributed by atoms with Crippen molar-refractivity contribution in [2.75, 3.05) is 51.6 Å². The Bertz CT molecular complexity index is 596. The summed E-state index contributed by atoms with van der Waals surface area (Å²) in [6.45, 7) is 9.93. The second-order valence-corrected chi connectivity index (χ2v) is 7.23. The van der Waals surface area contributed by atoms with E-state index in [0.717, 1.165) is 5.69 Å². The number of benzene rings is 1. The van der Waals surface area contributed by atoms with Gasteiger partial charge in [-0.3, -0.25) is 9.59 Å². The van der Waals surface area contributed by atoms with Gasteiger partial charge in [-0.25, -0.2) is 0 Å². The molecule has 0 aromatic heterocycles. The van der Waals surface area contributed by atoms with Gasteiger partial charge in [0.25, 0.3) is 0 Å². The second kappa shape index (κ2) is 13.9. The lowest BCUT2D eigenvalue weighted by molar-refractivity contribution is -0.156. The molecule has 8 nitrogen and oxygen atoms in total. The fourth-order valence-electron chi connectivity index (χ4n) is 2.15. The Balaban J connectivity index is 1.90. The summed E-state index contributed by atoms with van der Waals surface area (Å²) in [5.41, 5.74) is 0.260. The third kappa shape index (κ3) is 14.5. The highest BCUT2D eigenvalue weighted by atomic mass is 16.6. The van der Waals surface area contributed by atoms with Gasteiger partial charge in [0.05, 0.1) is 46.1 Å². The summed E-state index contributed by atoms with van der Waals surface area (Å²) in [5.74, 6) is 0.335. The lowest BCUT2D eigenvalue weighted by Crippen LogP contribution is -2.24. The number of hydrogen-bond acceptors (Lipinski definition) is 7. The number of amides is 1. The maximum Gasteiger partial charge on any atom is 0.308 e. The van der Waals surface area contributed by atoms with Gasteiger partial charge in [0, 0.05) is 12.6 Å². The van der Waals surface area contributed by atoms with E-state index in [1.807, 2.05) is 20.8 Å². The van der Waals surface area contributed by atoms with E-state index in [1.54, 1.807) is 24.3 Å². The number of esters is 1. The predicted octanol–water partition coefficient (Wildman–Crippen LogP) is 2.81. The van der Waals surface area contributed by atoms with Crippen LogP contribution < -0.4 is 10.1 Å². The van der Waals surface area contributed by atoms with E-state index in [2.05, 4.69) is 5.32 Å². The number of carbonyl (C=O) groups is 2. The minimum Gasteiger partial charge on any atom is -0.491 e. The molecule has 0 bridgehead atoms. The number of anilines is 1. The van der Waals surface area contributed by atoms with Gasteiger partial charge < -0.3 is 29.0 Å². The molecule has 0 aliphatic carbocycles. The average Bonchev–Trinajstić information content (AvgIpc) is 2.62. The Hall–Kier alpha value is -2.16. The highest BCUT2D eigenvalue weighted by Gasteiger charge is 2.15. The van der Waals surface area contributed by atoms with Gasteiger partial charge in [0.15, 0.2) is 0 Å². The number of rotatable bonds is 14. The van der Waals surface area contributed by atoms with Crippen molar-refractivity contribution in [3.05, 3.63) is 24.3 Å². The van der Waals surface area contributed by atoms with E-state index in [0.29, 0.717) is 52.0 Å². The number of carbonyl (C=O) groups excluding carboxylic acids is 2. The second-order valence-electron chi connectivity index (χ2n) is 7.23. The molecule has 1 N–H and O–H groups in total. The molecule has 0 aliphatic heterocycles. The molecule has 0 atom stereocenters. The molecule has 0 saturated heterocycles. The van der Waals surface area contributed by atoms with Crippen molar-refractivity contribution >= 4 is 17.6 Å². The van der Waals surface area contributed by atoms with Crippen molar-refractivity contribution in [3.8, 4) is 5.75 Å². The number of nitrogens with one attached hydrogen (secondary N) is 1. The van der Waals surface area contributed by atoms with E-state index < -0.39 is 5.60 Å². The van der Waals surface area contributed by atoms with Crippen molar-refractivity contribution in [1.29, 1.82) is 0 Å². The van der Waals surface area contributed by atoms with Crippen molar-refractivity contribution in [2.45, 2.75) is 39.7 Å². The zero-order chi connectivity index (χ0) is 21.5. The van der Waals surface area contributed by atoms with E-state index in [-0.39, 0.29) is 18.3 Å². The normalized spacial score (nSPS) is 11.2. The summed E-state index contributed by atoms with van der Waals surface area (Å²) in [4.78, 5) is 22.4. The molecular formula is C21H33NO7. The number of hydrogen-bond donors (Lipinski definition) is 1. The minimum atomic E-state index is -0.469. The third-order valence-electron chi connectivity index (χ3n) is 3.29. The molecule has 1 aromatic rings. The smallest absolute Gasteiger partial charge is 0.308 e. The summed E-state index contributed by atoms with van der Waals surface area (Å²) in [5, 5.41) is 2.69. The molecule has 0 fully saturated rings. The Morgan fingerprint density at radius 3 is 1.86 bits per heavy atom.